The fourth-order valence-electron chi connectivity index (χ4n) is 7.90. The maximum absolute atomic E-state index is 6.48. The maximum atomic E-state index is 6.48. The van der Waals surface area contributed by atoms with Crippen LogP contribution in [0, 0.1) is 0 Å². The van der Waals surface area contributed by atoms with Crippen LogP contribution in [0.15, 0.2) is 168 Å². The van der Waals surface area contributed by atoms with Gasteiger partial charge in [-0.25, -0.2) is 15.0 Å². The van der Waals surface area contributed by atoms with Crippen molar-refractivity contribution in [1.82, 2.24) is 15.0 Å². The van der Waals surface area contributed by atoms with E-state index in [1.54, 1.807) is 0 Å². The SMILES string of the molecule is CC1(C)c2ccccc2-c2cc(-c3ccc4oc5cccc(-c6nc(-c7ccccc7)nc(-c7cccc(-c8ccccc8)c7)n6)c5c4c3)ccc21. The third-order valence-corrected chi connectivity index (χ3v) is 10.5. The molecule has 4 heteroatoms. The standard InChI is InChI=1S/C48H33N3O/c1-48(2)40-21-10-9-19-36(40)38-28-33(23-25-41(38)48)34-24-26-42-39(29-34)44-37(20-12-22-43(44)52-42)47-50-45(31-15-7-4-8-16-31)49-46(51-47)35-18-11-17-32(27-35)30-13-5-3-6-14-30/h3-29H,1-2H3. The number of nitrogens with zero attached hydrogens (tertiary/aromatic N) is 3. The molecule has 0 atom stereocenters. The predicted molar refractivity (Wildman–Crippen MR) is 212 cm³/mol. The van der Waals surface area contributed by atoms with Crippen molar-refractivity contribution < 1.29 is 4.42 Å². The molecule has 0 aliphatic heterocycles. The predicted octanol–water partition coefficient (Wildman–Crippen LogP) is 12.4. The van der Waals surface area contributed by atoms with Gasteiger partial charge in [0.1, 0.15) is 11.2 Å². The second-order valence-corrected chi connectivity index (χ2v) is 14.0. The van der Waals surface area contributed by atoms with E-state index in [2.05, 4.69) is 129 Å². The summed E-state index contributed by atoms with van der Waals surface area (Å²) in [7, 11) is 0. The number of furan rings is 1. The molecule has 246 valence electrons. The van der Waals surface area contributed by atoms with E-state index in [0.717, 1.165) is 55.3 Å². The minimum Gasteiger partial charge on any atom is -0.456 e. The molecule has 0 fully saturated rings. The zero-order chi connectivity index (χ0) is 34.8. The van der Waals surface area contributed by atoms with Crippen molar-refractivity contribution in [1.29, 1.82) is 0 Å². The summed E-state index contributed by atoms with van der Waals surface area (Å²) in [6.07, 6.45) is 0. The van der Waals surface area contributed by atoms with Gasteiger partial charge >= 0.3 is 0 Å². The van der Waals surface area contributed by atoms with Crippen LogP contribution in [0.25, 0.3) is 89.5 Å². The molecule has 1 aliphatic rings. The van der Waals surface area contributed by atoms with Gasteiger partial charge in [0, 0.05) is 32.9 Å². The number of fused-ring (bicyclic) bond motifs is 6. The first-order chi connectivity index (χ1) is 25.5. The minimum atomic E-state index is -0.0328. The second-order valence-electron chi connectivity index (χ2n) is 14.0. The van der Waals surface area contributed by atoms with Crippen molar-refractivity contribution >= 4 is 21.9 Å². The monoisotopic (exact) mass is 667 g/mol. The van der Waals surface area contributed by atoms with Crippen molar-refractivity contribution in [2.75, 3.05) is 0 Å². The molecule has 9 aromatic rings. The van der Waals surface area contributed by atoms with Crippen molar-refractivity contribution in [3.63, 3.8) is 0 Å². The average Bonchev–Trinajstić information content (AvgIpc) is 3.70. The lowest BCUT2D eigenvalue weighted by Crippen LogP contribution is -2.14. The summed E-state index contributed by atoms with van der Waals surface area (Å²) >= 11 is 0. The Balaban J connectivity index is 1.14. The van der Waals surface area contributed by atoms with E-state index in [4.69, 9.17) is 19.4 Å². The lowest BCUT2D eigenvalue weighted by atomic mass is 9.82. The normalized spacial score (nSPS) is 13.0. The maximum Gasteiger partial charge on any atom is 0.164 e. The quantitative estimate of drug-likeness (QED) is 0.183. The fraction of sp³-hybridized carbons (Fsp3) is 0.0625. The van der Waals surface area contributed by atoms with E-state index in [9.17, 15) is 0 Å². The third kappa shape index (κ3) is 4.87. The van der Waals surface area contributed by atoms with E-state index >= 15 is 0 Å². The molecular weight excluding hydrogens is 635 g/mol. The zero-order valence-electron chi connectivity index (χ0n) is 28.8. The number of hydrogen-bond donors (Lipinski definition) is 0. The summed E-state index contributed by atoms with van der Waals surface area (Å²) in [5.41, 5.74) is 14.3. The highest BCUT2D eigenvalue weighted by molar-refractivity contribution is 6.13. The van der Waals surface area contributed by atoms with Gasteiger partial charge in [0.25, 0.3) is 0 Å². The molecule has 2 aromatic heterocycles. The molecule has 10 rings (SSSR count). The first-order valence-electron chi connectivity index (χ1n) is 17.7. The van der Waals surface area contributed by atoms with Gasteiger partial charge in [-0.3, -0.25) is 0 Å². The Hall–Kier alpha value is -6.65. The molecule has 0 N–H and O–H groups in total. The van der Waals surface area contributed by atoms with E-state index < -0.39 is 0 Å². The molecule has 0 unspecified atom stereocenters. The van der Waals surface area contributed by atoms with Gasteiger partial charge < -0.3 is 4.42 Å². The molecule has 0 amide bonds. The van der Waals surface area contributed by atoms with Crippen LogP contribution in [0.2, 0.25) is 0 Å². The average molecular weight is 668 g/mol. The van der Waals surface area contributed by atoms with Gasteiger partial charge in [-0.1, -0.05) is 147 Å². The second kappa shape index (κ2) is 11.7. The summed E-state index contributed by atoms with van der Waals surface area (Å²) < 4.78 is 6.48. The first-order valence-corrected chi connectivity index (χ1v) is 17.7. The highest BCUT2D eigenvalue weighted by atomic mass is 16.3. The summed E-state index contributed by atoms with van der Waals surface area (Å²) in [5.74, 6) is 1.84. The lowest BCUT2D eigenvalue weighted by Gasteiger charge is -2.21. The molecule has 0 saturated heterocycles. The first kappa shape index (κ1) is 30.2. The number of rotatable bonds is 5. The number of aromatic nitrogens is 3. The van der Waals surface area contributed by atoms with Crippen LogP contribution in [-0.2, 0) is 5.41 Å². The summed E-state index contributed by atoms with van der Waals surface area (Å²) in [6.45, 7) is 4.64. The highest BCUT2D eigenvalue weighted by Crippen LogP contribution is 2.49. The molecule has 7 aromatic carbocycles. The Bertz CT molecular complexity index is 2820. The molecule has 52 heavy (non-hydrogen) atoms. The molecule has 0 saturated carbocycles. The van der Waals surface area contributed by atoms with Gasteiger partial charge in [-0.05, 0) is 74.8 Å². The molecule has 2 heterocycles. The lowest BCUT2D eigenvalue weighted by molar-refractivity contribution is 0.660. The van der Waals surface area contributed by atoms with Gasteiger partial charge in [0.15, 0.2) is 17.5 Å². The number of hydrogen-bond acceptors (Lipinski definition) is 4. The van der Waals surface area contributed by atoms with E-state index in [1.807, 2.05) is 48.5 Å². The molecule has 4 nitrogen and oxygen atoms in total. The van der Waals surface area contributed by atoms with Crippen LogP contribution in [0.3, 0.4) is 0 Å². The minimum absolute atomic E-state index is 0.0328. The topological polar surface area (TPSA) is 51.8 Å². The van der Waals surface area contributed by atoms with Crippen LogP contribution in [0.1, 0.15) is 25.0 Å². The molecule has 0 radical (unpaired) electrons. The van der Waals surface area contributed by atoms with E-state index in [1.165, 1.54) is 27.8 Å². The van der Waals surface area contributed by atoms with E-state index in [0.29, 0.717) is 17.5 Å². The molecule has 1 aliphatic carbocycles. The number of benzene rings is 7. The van der Waals surface area contributed by atoms with Crippen molar-refractivity contribution in [2.24, 2.45) is 0 Å². The van der Waals surface area contributed by atoms with Gasteiger partial charge in [0.2, 0.25) is 0 Å². The van der Waals surface area contributed by atoms with Gasteiger partial charge in [-0.15, -0.1) is 0 Å². The van der Waals surface area contributed by atoms with Crippen LogP contribution in [0.5, 0.6) is 0 Å². The largest absolute Gasteiger partial charge is 0.456 e. The highest BCUT2D eigenvalue weighted by Gasteiger charge is 2.35. The third-order valence-electron chi connectivity index (χ3n) is 10.5. The molecule has 0 spiro atoms. The zero-order valence-corrected chi connectivity index (χ0v) is 28.8. The Morgan fingerprint density at radius 2 is 0.962 bits per heavy atom. The van der Waals surface area contributed by atoms with Crippen molar-refractivity contribution in [3.8, 4) is 67.5 Å². The van der Waals surface area contributed by atoms with Gasteiger partial charge in [0.05, 0.1) is 0 Å². The summed E-state index contributed by atoms with van der Waals surface area (Å²) in [6, 6.07) is 57.2. The smallest absolute Gasteiger partial charge is 0.164 e. The Kier molecular flexibility index (Phi) is 6.80. The Morgan fingerprint density at radius 3 is 1.79 bits per heavy atom. The van der Waals surface area contributed by atoms with E-state index in [-0.39, 0.29) is 5.41 Å². The van der Waals surface area contributed by atoms with Crippen LogP contribution < -0.4 is 0 Å². The van der Waals surface area contributed by atoms with Crippen LogP contribution in [0.4, 0.5) is 0 Å². The van der Waals surface area contributed by atoms with Gasteiger partial charge in [-0.2, -0.15) is 0 Å². The fourth-order valence-corrected chi connectivity index (χ4v) is 7.90. The van der Waals surface area contributed by atoms with Crippen molar-refractivity contribution in [2.45, 2.75) is 19.3 Å². The van der Waals surface area contributed by atoms with Crippen LogP contribution >= 0.6 is 0 Å². The molecular formula is C48H33N3O. The van der Waals surface area contributed by atoms with Crippen molar-refractivity contribution in [3.05, 3.63) is 175 Å². The Labute approximate surface area is 302 Å². The van der Waals surface area contributed by atoms with Crippen LogP contribution in [-0.4, -0.2) is 15.0 Å². The Morgan fingerprint density at radius 1 is 0.385 bits per heavy atom. The summed E-state index contributed by atoms with van der Waals surface area (Å²) in [4.78, 5) is 15.3. The molecule has 0 bridgehead atoms. The summed E-state index contributed by atoms with van der Waals surface area (Å²) in [5, 5.41) is 2.01.